The zero-order valence-electron chi connectivity index (χ0n) is 18.9. The van der Waals surface area contributed by atoms with Crippen LogP contribution in [0.25, 0.3) is 11.0 Å². The molecule has 0 bridgehead atoms. The predicted octanol–water partition coefficient (Wildman–Crippen LogP) is 5.01. The van der Waals surface area contributed by atoms with E-state index < -0.39 is 5.97 Å². The summed E-state index contributed by atoms with van der Waals surface area (Å²) >= 11 is 1.54. The van der Waals surface area contributed by atoms with Crippen LogP contribution in [0.1, 0.15) is 59.1 Å². The van der Waals surface area contributed by atoms with Gasteiger partial charge < -0.3 is 10.4 Å². The molecule has 174 valence electrons. The summed E-state index contributed by atoms with van der Waals surface area (Å²) in [4.78, 5) is 29.9. The number of carboxylic acids is 1. The monoisotopic (exact) mass is 473 g/mol. The Morgan fingerprint density at radius 2 is 1.85 bits per heavy atom. The van der Waals surface area contributed by atoms with Crippen molar-refractivity contribution in [3.05, 3.63) is 75.6 Å². The maximum atomic E-state index is 11.6. The Morgan fingerprint density at radius 3 is 2.71 bits per heavy atom. The lowest BCUT2D eigenvalue weighted by Gasteiger charge is -2.17. The molecule has 3 aromatic heterocycles. The van der Waals surface area contributed by atoms with Crippen LogP contribution >= 0.6 is 11.3 Å². The van der Waals surface area contributed by atoms with Gasteiger partial charge in [0.05, 0.1) is 23.1 Å². The van der Waals surface area contributed by atoms with Crippen molar-refractivity contribution < 1.29 is 9.90 Å². The van der Waals surface area contributed by atoms with Gasteiger partial charge in [-0.05, 0) is 67.9 Å². The summed E-state index contributed by atoms with van der Waals surface area (Å²) in [6.45, 7) is 1.01. The standard InChI is InChI=1S/C26H27N5O2S/c32-24(33)15-21(18-8-10-22-23(14-18)28-13-12-27-22)26-31-20(16-34-26)6-2-1-5-19-9-7-17-4-3-11-29-25(17)30-19/h7-10,12-14,16,21H,1-6,11,15H2,(H,29,30)(H,32,33)/t21-/m1/s1. The number of benzene rings is 1. The second kappa shape index (κ2) is 10.3. The molecule has 1 atom stereocenters. The summed E-state index contributed by atoms with van der Waals surface area (Å²) < 4.78 is 0. The Balaban J connectivity index is 1.22. The summed E-state index contributed by atoms with van der Waals surface area (Å²) in [5.41, 5.74) is 5.94. The van der Waals surface area contributed by atoms with Gasteiger partial charge in [-0.15, -0.1) is 11.3 Å². The normalized spacial score (nSPS) is 13.9. The van der Waals surface area contributed by atoms with Crippen LogP contribution in [0.2, 0.25) is 0 Å². The van der Waals surface area contributed by atoms with Crippen LogP contribution in [0.4, 0.5) is 5.82 Å². The first-order valence-corrected chi connectivity index (χ1v) is 12.6. The minimum absolute atomic E-state index is 0.00322. The fraction of sp³-hybridized carbons (Fsp3) is 0.346. The van der Waals surface area contributed by atoms with Crippen LogP contribution in [0.5, 0.6) is 0 Å². The third kappa shape index (κ3) is 5.22. The molecule has 1 aromatic carbocycles. The van der Waals surface area contributed by atoms with Crippen molar-refractivity contribution in [2.75, 3.05) is 11.9 Å². The van der Waals surface area contributed by atoms with Crippen LogP contribution in [-0.4, -0.2) is 37.6 Å². The van der Waals surface area contributed by atoms with Crippen LogP contribution < -0.4 is 5.32 Å². The molecular formula is C26H27N5O2S. The van der Waals surface area contributed by atoms with Gasteiger partial charge in [0, 0.05) is 35.9 Å². The van der Waals surface area contributed by atoms with E-state index in [9.17, 15) is 9.90 Å². The van der Waals surface area contributed by atoms with Gasteiger partial charge >= 0.3 is 5.97 Å². The predicted molar refractivity (Wildman–Crippen MR) is 133 cm³/mol. The highest BCUT2D eigenvalue weighted by atomic mass is 32.1. The number of hydrogen-bond acceptors (Lipinski definition) is 7. The number of nitrogens with zero attached hydrogens (tertiary/aromatic N) is 4. The largest absolute Gasteiger partial charge is 0.481 e. The van der Waals surface area contributed by atoms with E-state index >= 15 is 0 Å². The molecule has 8 heteroatoms. The number of carbonyl (C=O) groups is 1. The number of fused-ring (bicyclic) bond motifs is 2. The van der Waals surface area contributed by atoms with E-state index in [4.69, 9.17) is 9.97 Å². The second-order valence-electron chi connectivity index (χ2n) is 8.68. The van der Waals surface area contributed by atoms with E-state index in [1.807, 2.05) is 18.2 Å². The molecule has 34 heavy (non-hydrogen) atoms. The smallest absolute Gasteiger partial charge is 0.304 e. The molecule has 0 unspecified atom stereocenters. The van der Waals surface area contributed by atoms with Crippen molar-refractivity contribution in [2.24, 2.45) is 0 Å². The maximum Gasteiger partial charge on any atom is 0.304 e. The number of rotatable bonds is 9. The van der Waals surface area contributed by atoms with Crippen LogP contribution in [0, 0.1) is 0 Å². The first-order valence-electron chi connectivity index (χ1n) is 11.7. The fourth-order valence-corrected chi connectivity index (χ4v) is 5.42. The van der Waals surface area contributed by atoms with Gasteiger partial charge in [0.2, 0.25) is 0 Å². The number of pyridine rings is 1. The summed E-state index contributed by atoms with van der Waals surface area (Å²) in [6, 6.07) is 10.1. The Morgan fingerprint density at radius 1 is 1.03 bits per heavy atom. The van der Waals surface area contributed by atoms with Gasteiger partial charge in [-0.3, -0.25) is 14.8 Å². The average Bonchev–Trinajstić information content (AvgIpc) is 3.33. The maximum absolute atomic E-state index is 11.6. The number of anilines is 1. The van der Waals surface area contributed by atoms with E-state index in [1.165, 1.54) is 23.3 Å². The van der Waals surface area contributed by atoms with Crippen molar-refractivity contribution in [2.45, 2.75) is 50.9 Å². The van der Waals surface area contributed by atoms with Crippen LogP contribution in [-0.2, 0) is 24.1 Å². The van der Waals surface area contributed by atoms with E-state index in [1.54, 1.807) is 12.4 Å². The first kappa shape index (κ1) is 22.4. The number of nitrogens with one attached hydrogen (secondary N) is 1. The zero-order valence-corrected chi connectivity index (χ0v) is 19.7. The number of unbranched alkanes of at least 4 members (excludes halogenated alkanes) is 1. The Bertz CT molecular complexity index is 1310. The summed E-state index contributed by atoms with van der Waals surface area (Å²) in [7, 11) is 0. The molecule has 0 fully saturated rings. The Kier molecular flexibility index (Phi) is 6.76. The Hall–Kier alpha value is -3.39. The van der Waals surface area contributed by atoms with Gasteiger partial charge in [-0.2, -0.15) is 0 Å². The summed E-state index contributed by atoms with van der Waals surface area (Å²) in [6.07, 6.45) is 9.47. The number of aryl methyl sites for hydroxylation is 3. The van der Waals surface area contributed by atoms with E-state index in [0.29, 0.717) is 0 Å². The Labute approximate surface area is 202 Å². The molecule has 1 aliphatic heterocycles. The number of hydrogen-bond donors (Lipinski definition) is 2. The van der Waals surface area contributed by atoms with Crippen LogP contribution in [0.15, 0.2) is 48.1 Å². The molecule has 1 aliphatic rings. The molecular weight excluding hydrogens is 446 g/mol. The number of thiazole rings is 1. The zero-order chi connectivity index (χ0) is 23.3. The first-order chi connectivity index (χ1) is 16.7. The second-order valence-corrected chi connectivity index (χ2v) is 9.57. The molecule has 0 radical (unpaired) electrons. The van der Waals surface area contributed by atoms with Crippen molar-refractivity contribution in [1.82, 2.24) is 19.9 Å². The van der Waals surface area contributed by atoms with Gasteiger partial charge in [-0.25, -0.2) is 9.97 Å². The lowest BCUT2D eigenvalue weighted by atomic mass is 9.95. The highest BCUT2D eigenvalue weighted by Gasteiger charge is 2.22. The minimum atomic E-state index is -0.840. The highest BCUT2D eigenvalue weighted by molar-refractivity contribution is 7.09. The highest BCUT2D eigenvalue weighted by Crippen LogP contribution is 2.32. The van der Waals surface area contributed by atoms with E-state index in [-0.39, 0.29) is 12.3 Å². The summed E-state index contributed by atoms with van der Waals surface area (Å²) in [5, 5.41) is 15.8. The lowest BCUT2D eigenvalue weighted by molar-refractivity contribution is -0.137. The average molecular weight is 474 g/mol. The number of aromatic nitrogens is 4. The van der Waals surface area contributed by atoms with Crippen molar-refractivity contribution >= 4 is 34.2 Å². The SMILES string of the molecule is O=C(O)C[C@H](c1ccc2nccnc2c1)c1nc(CCCCc2ccc3c(n2)NCCC3)cs1. The quantitative estimate of drug-likeness (QED) is 0.330. The van der Waals surface area contributed by atoms with Crippen molar-refractivity contribution in [1.29, 1.82) is 0 Å². The van der Waals surface area contributed by atoms with Gasteiger partial charge in [-0.1, -0.05) is 12.1 Å². The summed E-state index contributed by atoms with van der Waals surface area (Å²) in [5.74, 6) is -0.0834. The van der Waals surface area contributed by atoms with Crippen LogP contribution in [0.3, 0.4) is 0 Å². The third-order valence-electron chi connectivity index (χ3n) is 6.21. The molecule has 0 saturated heterocycles. The van der Waals surface area contributed by atoms with E-state index in [0.717, 1.165) is 77.5 Å². The van der Waals surface area contributed by atoms with Gasteiger partial charge in [0.1, 0.15) is 10.8 Å². The topological polar surface area (TPSA) is 101 Å². The van der Waals surface area contributed by atoms with Gasteiger partial charge in [0.25, 0.3) is 0 Å². The van der Waals surface area contributed by atoms with Crippen molar-refractivity contribution in [3.63, 3.8) is 0 Å². The number of aliphatic carboxylic acids is 1. The molecule has 2 N–H and O–H groups in total. The number of carboxylic acid groups (broad SMARTS) is 1. The molecule has 0 aliphatic carbocycles. The molecule has 0 spiro atoms. The van der Waals surface area contributed by atoms with Gasteiger partial charge in [0.15, 0.2) is 0 Å². The fourth-order valence-electron chi connectivity index (χ4n) is 4.44. The van der Waals surface area contributed by atoms with E-state index in [2.05, 4.69) is 32.8 Å². The molecule has 7 nitrogen and oxygen atoms in total. The third-order valence-corrected chi connectivity index (χ3v) is 7.22. The minimum Gasteiger partial charge on any atom is -0.481 e. The molecule has 4 heterocycles. The molecule has 5 rings (SSSR count). The van der Waals surface area contributed by atoms with Crippen molar-refractivity contribution in [3.8, 4) is 0 Å². The molecule has 0 saturated carbocycles. The lowest BCUT2D eigenvalue weighted by Crippen LogP contribution is -2.14. The molecule has 0 amide bonds. The molecule has 4 aromatic rings.